The summed E-state index contributed by atoms with van der Waals surface area (Å²) in [5.41, 5.74) is 0.647. The zero-order valence-corrected chi connectivity index (χ0v) is 13.8. The van der Waals surface area contributed by atoms with Crippen molar-refractivity contribution in [2.45, 2.75) is 19.3 Å². The van der Waals surface area contributed by atoms with Gasteiger partial charge in [0.15, 0.2) is 0 Å². The van der Waals surface area contributed by atoms with Gasteiger partial charge in [-0.3, -0.25) is 14.6 Å². The van der Waals surface area contributed by atoms with Gasteiger partial charge in [-0.2, -0.15) is 0 Å². The molecule has 0 aliphatic carbocycles. The van der Waals surface area contributed by atoms with E-state index in [1.807, 2.05) is 0 Å². The summed E-state index contributed by atoms with van der Waals surface area (Å²) in [6, 6.07) is 5.31. The standard InChI is InChI=1S/C18H19N5O2/c24-16(15-4-1-2-7-21-15)22-8-3-5-18(12-22)6-9-23(17(18)25)14-10-19-13-20-11-14/h1-2,4,7,10-11,13H,3,5-6,8-9,12H2/t18-/m0/s1. The molecule has 2 aromatic rings. The Hall–Kier alpha value is -2.83. The Balaban J connectivity index is 1.55. The molecule has 2 saturated heterocycles. The lowest BCUT2D eigenvalue weighted by Gasteiger charge is -2.38. The predicted molar refractivity (Wildman–Crippen MR) is 90.8 cm³/mol. The maximum Gasteiger partial charge on any atom is 0.272 e. The average molecular weight is 337 g/mol. The molecule has 2 aliphatic heterocycles. The number of carbonyl (C=O) groups is 2. The van der Waals surface area contributed by atoms with Crippen LogP contribution in [0.15, 0.2) is 43.1 Å². The van der Waals surface area contributed by atoms with Crippen LogP contribution in [0.25, 0.3) is 0 Å². The summed E-state index contributed by atoms with van der Waals surface area (Å²) in [4.78, 5) is 41.5. The first-order valence-electron chi connectivity index (χ1n) is 8.47. The van der Waals surface area contributed by atoms with Crippen LogP contribution in [0.5, 0.6) is 0 Å². The molecule has 0 bridgehead atoms. The lowest BCUT2D eigenvalue weighted by Crippen LogP contribution is -2.50. The van der Waals surface area contributed by atoms with Crippen molar-refractivity contribution in [2.24, 2.45) is 5.41 Å². The van der Waals surface area contributed by atoms with E-state index in [0.29, 0.717) is 25.3 Å². The summed E-state index contributed by atoms with van der Waals surface area (Å²) < 4.78 is 0. The Labute approximate surface area is 145 Å². The second-order valence-electron chi connectivity index (χ2n) is 6.63. The molecule has 7 heteroatoms. The highest BCUT2D eigenvalue weighted by atomic mass is 16.2. The van der Waals surface area contributed by atoms with Gasteiger partial charge >= 0.3 is 0 Å². The average Bonchev–Trinajstić information content (AvgIpc) is 2.98. The second kappa shape index (κ2) is 6.23. The minimum Gasteiger partial charge on any atom is -0.336 e. The summed E-state index contributed by atoms with van der Waals surface area (Å²) in [6.07, 6.45) is 8.75. The number of piperidine rings is 1. The molecule has 25 heavy (non-hydrogen) atoms. The van der Waals surface area contributed by atoms with Crippen LogP contribution >= 0.6 is 0 Å². The highest BCUT2D eigenvalue weighted by molar-refractivity contribution is 6.00. The monoisotopic (exact) mass is 337 g/mol. The maximum absolute atomic E-state index is 13.1. The number of carbonyl (C=O) groups excluding carboxylic acids is 2. The topological polar surface area (TPSA) is 79.3 Å². The molecule has 2 fully saturated rings. The first kappa shape index (κ1) is 15.7. The lowest BCUT2D eigenvalue weighted by molar-refractivity contribution is -0.127. The molecular weight excluding hydrogens is 318 g/mol. The highest BCUT2D eigenvalue weighted by Gasteiger charge is 2.50. The Bertz CT molecular complexity index is 783. The van der Waals surface area contributed by atoms with Crippen LogP contribution in [0.4, 0.5) is 5.69 Å². The fourth-order valence-electron chi connectivity index (χ4n) is 3.83. The molecule has 1 spiro atoms. The van der Waals surface area contributed by atoms with Crippen LogP contribution in [-0.4, -0.2) is 51.3 Å². The van der Waals surface area contributed by atoms with Crippen LogP contribution in [0.1, 0.15) is 29.8 Å². The fraction of sp³-hybridized carbons (Fsp3) is 0.389. The number of hydrogen-bond acceptors (Lipinski definition) is 5. The van der Waals surface area contributed by atoms with Gasteiger partial charge in [0.2, 0.25) is 5.91 Å². The predicted octanol–water partition coefficient (Wildman–Crippen LogP) is 1.53. The molecule has 4 rings (SSSR count). The van der Waals surface area contributed by atoms with E-state index in [2.05, 4.69) is 15.0 Å². The van der Waals surface area contributed by atoms with Crippen LogP contribution in [0.2, 0.25) is 0 Å². The third-order valence-electron chi connectivity index (χ3n) is 5.12. The van der Waals surface area contributed by atoms with Gasteiger partial charge in [-0.15, -0.1) is 0 Å². The van der Waals surface area contributed by atoms with Gasteiger partial charge in [0.25, 0.3) is 5.91 Å². The van der Waals surface area contributed by atoms with Crippen LogP contribution < -0.4 is 4.90 Å². The van der Waals surface area contributed by atoms with Crippen molar-refractivity contribution >= 4 is 17.5 Å². The largest absolute Gasteiger partial charge is 0.336 e. The zero-order valence-electron chi connectivity index (χ0n) is 13.8. The van der Waals surface area contributed by atoms with Gasteiger partial charge in [0, 0.05) is 25.8 Å². The fourth-order valence-corrected chi connectivity index (χ4v) is 3.83. The number of nitrogens with zero attached hydrogens (tertiary/aromatic N) is 5. The van der Waals surface area contributed by atoms with E-state index >= 15 is 0 Å². The summed E-state index contributed by atoms with van der Waals surface area (Å²) in [6.45, 7) is 1.75. The first-order valence-corrected chi connectivity index (χ1v) is 8.47. The quantitative estimate of drug-likeness (QED) is 0.830. The number of pyridine rings is 1. The number of hydrogen-bond donors (Lipinski definition) is 0. The van der Waals surface area contributed by atoms with Crippen molar-refractivity contribution in [3.05, 3.63) is 48.8 Å². The van der Waals surface area contributed by atoms with E-state index in [1.54, 1.807) is 46.6 Å². The van der Waals surface area contributed by atoms with Crippen molar-refractivity contribution in [1.29, 1.82) is 0 Å². The molecule has 0 saturated carbocycles. The summed E-state index contributed by atoms with van der Waals surface area (Å²) in [5.74, 6) is -0.0326. The Kier molecular flexibility index (Phi) is 3.91. The molecular formula is C18H19N5O2. The normalized spacial score (nSPS) is 23.3. The number of likely N-dealkylation sites (tertiary alicyclic amines) is 1. The van der Waals surface area contributed by atoms with Gasteiger partial charge in [0.05, 0.1) is 23.5 Å². The van der Waals surface area contributed by atoms with E-state index < -0.39 is 5.41 Å². The molecule has 2 amide bonds. The van der Waals surface area contributed by atoms with Gasteiger partial charge in [-0.25, -0.2) is 9.97 Å². The van der Waals surface area contributed by atoms with Crippen molar-refractivity contribution in [2.75, 3.05) is 24.5 Å². The van der Waals surface area contributed by atoms with Gasteiger partial charge in [-0.05, 0) is 31.4 Å². The van der Waals surface area contributed by atoms with E-state index in [4.69, 9.17) is 0 Å². The third kappa shape index (κ3) is 2.75. The molecule has 7 nitrogen and oxygen atoms in total. The smallest absolute Gasteiger partial charge is 0.272 e. The summed E-state index contributed by atoms with van der Waals surface area (Å²) in [7, 11) is 0. The minimum atomic E-state index is -0.501. The van der Waals surface area contributed by atoms with E-state index in [-0.39, 0.29) is 11.8 Å². The van der Waals surface area contributed by atoms with E-state index in [0.717, 1.165) is 24.9 Å². The van der Waals surface area contributed by atoms with Gasteiger partial charge < -0.3 is 9.80 Å². The molecule has 1 atom stereocenters. The molecule has 4 heterocycles. The first-order chi connectivity index (χ1) is 12.2. The second-order valence-corrected chi connectivity index (χ2v) is 6.63. The SMILES string of the molecule is O=C(c1ccccn1)N1CCC[C@]2(CCN(c3cncnc3)C2=O)C1. The molecule has 128 valence electrons. The van der Waals surface area contributed by atoms with Crippen molar-refractivity contribution < 1.29 is 9.59 Å². The van der Waals surface area contributed by atoms with Gasteiger partial charge in [-0.1, -0.05) is 6.07 Å². The van der Waals surface area contributed by atoms with Crippen molar-refractivity contribution in [3.8, 4) is 0 Å². The Morgan fingerprint density at radius 2 is 1.96 bits per heavy atom. The van der Waals surface area contributed by atoms with Gasteiger partial charge in [0.1, 0.15) is 12.0 Å². The number of anilines is 1. The van der Waals surface area contributed by atoms with Crippen LogP contribution in [0, 0.1) is 5.41 Å². The van der Waals surface area contributed by atoms with E-state index in [9.17, 15) is 9.59 Å². The molecule has 0 unspecified atom stereocenters. The number of amides is 2. The maximum atomic E-state index is 13.1. The molecule has 0 N–H and O–H groups in total. The highest BCUT2D eigenvalue weighted by Crippen LogP contribution is 2.41. The van der Waals surface area contributed by atoms with Crippen molar-refractivity contribution in [1.82, 2.24) is 19.9 Å². The van der Waals surface area contributed by atoms with Crippen molar-refractivity contribution in [3.63, 3.8) is 0 Å². The summed E-state index contributed by atoms with van der Waals surface area (Å²) in [5, 5.41) is 0. The zero-order chi connectivity index (χ0) is 17.3. The Morgan fingerprint density at radius 3 is 2.72 bits per heavy atom. The third-order valence-corrected chi connectivity index (χ3v) is 5.12. The van der Waals surface area contributed by atoms with E-state index in [1.165, 1.54) is 6.33 Å². The van der Waals surface area contributed by atoms with Crippen LogP contribution in [0.3, 0.4) is 0 Å². The molecule has 0 aromatic carbocycles. The Morgan fingerprint density at radius 1 is 1.12 bits per heavy atom. The minimum absolute atomic E-state index is 0.0702. The number of aromatic nitrogens is 3. The molecule has 2 aliphatic rings. The number of rotatable bonds is 2. The lowest BCUT2D eigenvalue weighted by atomic mass is 9.78. The molecule has 0 radical (unpaired) electrons. The van der Waals surface area contributed by atoms with Crippen LogP contribution in [-0.2, 0) is 4.79 Å². The summed E-state index contributed by atoms with van der Waals surface area (Å²) >= 11 is 0. The molecule has 2 aromatic heterocycles.